The summed E-state index contributed by atoms with van der Waals surface area (Å²) in [7, 11) is 0. The number of benzene rings is 1. The van der Waals surface area contributed by atoms with Gasteiger partial charge >= 0.3 is 0 Å². The van der Waals surface area contributed by atoms with Crippen LogP contribution in [0.1, 0.15) is 41.9 Å². The minimum atomic E-state index is -0.0792. The molecule has 1 aromatic heterocycles. The highest BCUT2D eigenvalue weighted by Gasteiger charge is 2.07. The molecule has 0 spiro atoms. The van der Waals surface area contributed by atoms with Crippen molar-refractivity contribution in [2.75, 3.05) is 25.0 Å². The van der Waals surface area contributed by atoms with Gasteiger partial charge in [0, 0.05) is 25.2 Å². The fourth-order valence-electron chi connectivity index (χ4n) is 2.62. The highest BCUT2D eigenvalue weighted by molar-refractivity contribution is 7.12. The van der Waals surface area contributed by atoms with Crippen molar-refractivity contribution in [3.05, 3.63) is 52.2 Å². The van der Waals surface area contributed by atoms with E-state index in [0.29, 0.717) is 24.3 Å². The molecule has 0 aliphatic rings. The maximum Gasteiger partial charge on any atom is 0.261 e. The van der Waals surface area contributed by atoms with Gasteiger partial charge in [-0.25, -0.2) is 0 Å². The predicted molar refractivity (Wildman–Crippen MR) is 108 cm³/mol. The van der Waals surface area contributed by atoms with E-state index in [1.54, 1.807) is 6.07 Å². The minimum Gasteiger partial charge on any atom is -0.351 e. The summed E-state index contributed by atoms with van der Waals surface area (Å²) in [6.07, 6.45) is 0.993. The molecule has 6 heteroatoms. The number of carbonyl (C=O) groups excluding carboxylic acids is 2. The van der Waals surface area contributed by atoms with E-state index in [1.807, 2.05) is 29.6 Å². The van der Waals surface area contributed by atoms with Crippen LogP contribution >= 0.6 is 11.3 Å². The van der Waals surface area contributed by atoms with Crippen LogP contribution in [-0.4, -0.2) is 36.3 Å². The van der Waals surface area contributed by atoms with E-state index < -0.39 is 0 Å². The van der Waals surface area contributed by atoms with Gasteiger partial charge in [0.2, 0.25) is 5.91 Å². The average Bonchev–Trinajstić information content (AvgIpc) is 3.18. The van der Waals surface area contributed by atoms with Gasteiger partial charge in [0.1, 0.15) is 0 Å². The Bertz CT molecular complexity index is 697. The van der Waals surface area contributed by atoms with Crippen LogP contribution < -0.4 is 10.6 Å². The van der Waals surface area contributed by atoms with Crippen LogP contribution in [0.15, 0.2) is 41.8 Å². The van der Waals surface area contributed by atoms with Crippen LogP contribution in [0, 0.1) is 0 Å². The van der Waals surface area contributed by atoms with Crippen molar-refractivity contribution < 1.29 is 9.59 Å². The van der Waals surface area contributed by atoms with Crippen molar-refractivity contribution in [3.8, 4) is 0 Å². The van der Waals surface area contributed by atoms with E-state index in [0.717, 1.165) is 25.3 Å². The number of nitrogens with zero attached hydrogens (tertiary/aromatic N) is 1. The zero-order valence-corrected chi connectivity index (χ0v) is 16.3. The van der Waals surface area contributed by atoms with Gasteiger partial charge in [-0.05, 0) is 48.7 Å². The first-order valence-electron chi connectivity index (χ1n) is 9.05. The second-order valence-corrected chi connectivity index (χ2v) is 6.99. The summed E-state index contributed by atoms with van der Waals surface area (Å²) in [6, 6.07) is 11.6. The Hall–Kier alpha value is -2.18. The van der Waals surface area contributed by atoms with Crippen molar-refractivity contribution in [2.24, 2.45) is 0 Å². The normalized spacial score (nSPS) is 10.7. The topological polar surface area (TPSA) is 61.4 Å². The number of nitrogens with one attached hydrogen (secondary N) is 2. The lowest BCUT2D eigenvalue weighted by atomic mass is 10.2. The Morgan fingerprint density at radius 2 is 1.92 bits per heavy atom. The summed E-state index contributed by atoms with van der Waals surface area (Å²) in [4.78, 5) is 26.9. The first-order valence-corrected chi connectivity index (χ1v) is 9.93. The van der Waals surface area contributed by atoms with Crippen molar-refractivity contribution in [1.29, 1.82) is 0 Å². The van der Waals surface area contributed by atoms with Crippen LogP contribution in [-0.2, 0) is 11.3 Å². The summed E-state index contributed by atoms with van der Waals surface area (Å²) >= 11 is 1.41. The zero-order chi connectivity index (χ0) is 18.8. The summed E-state index contributed by atoms with van der Waals surface area (Å²) in [6.45, 7) is 7.67. The Balaban J connectivity index is 1.73. The van der Waals surface area contributed by atoms with E-state index >= 15 is 0 Å². The summed E-state index contributed by atoms with van der Waals surface area (Å²) in [5, 5.41) is 7.64. The van der Waals surface area contributed by atoms with Gasteiger partial charge in [-0.1, -0.05) is 32.0 Å². The van der Waals surface area contributed by atoms with Crippen molar-refractivity contribution in [2.45, 2.75) is 33.2 Å². The largest absolute Gasteiger partial charge is 0.351 e. The highest BCUT2D eigenvalue weighted by atomic mass is 32.1. The quantitative estimate of drug-likeness (QED) is 0.624. The van der Waals surface area contributed by atoms with E-state index in [4.69, 9.17) is 0 Å². The number of hydrogen-bond acceptors (Lipinski definition) is 4. The van der Waals surface area contributed by atoms with Crippen molar-refractivity contribution >= 4 is 28.8 Å². The molecular weight excluding hydrogens is 346 g/mol. The number of hydrogen-bond donors (Lipinski definition) is 2. The third-order valence-corrected chi connectivity index (χ3v) is 4.99. The number of anilines is 1. The molecular formula is C20H27N3O2S. The standard InChI is InChI=1S/C20H27N3O2S/c1-3-23(4-2)15-16-8-5-9-17(14-16)22-19(24)11-6-12-21-20(25)18-10-7-13-26-18/h5,7-10,13-14H,3-4,6,11-12,15H2,1-2H3,(H,21,25)(H,22,24). The molecule has 2 rings (SSSR count). The first-order chi connectivity index (χ1) is 12.6. The molecule has 0 saturated heterocycles. The Morgan fingerprint density at radius 1 is 1.12 bits per heavy atom. The number of thiophene rings is 1. The van der Waals surface area contributed by atoms with E-state index in [2.05, 4.69) is 35.4 Å². The second-order valence-electron chi connectivity index (χ2n) is 6.05. The summed E-state index contributed by atoms with van der Waals surface area (Å²) in [5.41, 5.74) is 2.01. The molecule has 0 radical (unpaired) electrons. The third kappa shape index (κ3) is 6.61. The van der Waals surface area contributed by atoms with E-state index in [-0.39, 0.29) is 11.8 Å². The molecule has 0 saturated carbocycles. The van der Waals surface area contributed by atoms with Gasteiger partial charge in [-0.3, -0.25) is 14.5 Å². The lowest BCUT2D eigenvalue weighted by Gasteiger charge is -2.18. The molecule has 0 fully saturated rings. The number of amides is 2. The molecule has 2 aromatic rings. The van der Waals surface area contributed by atoms with Gasteiger partial charge in [-0.15, -0.1) is 11.3 Å². The molecule has 140 valence electrons. The molecule has 1 heterocycles. The summed E-state index contributed by atoms with van der Waals surface area (Å²) in [5.74, 6) is -0.111. The SMILES string of the molecule is CCN(CC)Cc1cccc(NC(=O)CCCNC(=O)c2cccs2)c1. The maximum atomic E-state index is 12.1. The predicted octanol–water partition coefficient (Wildman–Crippen LogP) is 3.74. The molecule has 2 N–H and O–H groups in total. The fraction of sp³-hybridized carbons (Fsp3) is 0.400. The van der Waals surface area contributed by atoms with E-state index in [1.165, 1.54) is 16.9 Å². The highest BCUT2D eigenvalue weighted by Crippen LogP contribution is 2.13. The third-order valence-electron chi connectivity index (χ3n) is 4.12. The Labute approximate surface area is 159 Å². The van der Waals surface area contributed by atoms with Crippen LogP contribution in [0.25, 0.3) is 0 Å². The van der Waals surface area contributed by atoms with Crippen LogP contribution in [0.2, 0.25) is 0 Å². The van der Waals surface area contributed by atoms with Crippen LogP contribution in [0.3, 0.4) is 0 Å². The molecule has 1 aromatic carbocycles. The van der Waals surface area contributed by atoms with Gasteiger partial charge in [0.05, 0.1) is 4.88 Å². The molecule has 5 nitrogen and oxygen atoms in total. The first kappa shape index (κ1) is 20.1. The molecule has 0 aliphatic carbocycles. The average molecular weight is 374 g/mol. The van der Waals surface area contributed by atoms with Gasteiger partial charge in [0.25, 0.3) is 5.91 Å². The smallest absolute Gasteiger partial charge is 0.261 e. The van der Waals surface area contributed by atoms with Crippen LogP contribution in [0.5, 0.6) is 0 Å². The van der Waals surface area contributed by atoms with E-state index in [9.17, 15) is 9.59 Å². The lowest BCUT2D eigenvalue weighted by molar-refractivity contribution is -0.116. The molecule has 26 heavy (non-hydrogen) atoms. The van der Waals surface area contributed by atoms with Crippen LogP contribution in [0.4, 0.5) is 5.69 Å². The van der Waals surface area contributed by atoms with Gasteiger partial charge in [-0.2, -0.15) is 0 Å². The summed E-state index contributed by atoms with van der Waals surface area (Å²) < 4.78 is 0. The van der Waals surface area contributed by atoms with Gasteiger partial charge < -0.3 is 10.6 Å². The molecule has 0 unspecified atom stereocenters. The number of carbonyl (C=O) groups is 2. The molecule has 0 aliphatic heterocycles. The zero-order valence-electron chi connectivity index (χ0n) is 15.5. The van der Waals surface area contributed by atoms with Crippen molar-refractivity contribution in [1.82, 2.24) is 10.2 Å². The molecule has 0 atom stereocenters. The lowest BCUT2D eigenvalue weighted by Crippen LogP contribution is -2.24. The second kappa shape index (κ2) is 10.7. The fourth-order valence-corrected chi connectivity index (χ4v) is 3.26. The van der Waals surface area contributed by atoms with Crippen molar-refractivity contribution in [3.63, 3.8) is 0 Å². The monoisotopic (exact) mass is 373 g/mol. The van der Waals surface area contributed by atoms with Gasteiger partial charge in [0.15, 0.2) is 0 Å². The number of rotatable bonds is 10. The molecule has 0 bridgehead atoms. The minimum absolute atomic E-state index is 0.0321. The Morgan fingerprint density at radius 3 is 2.62 bits per heavy atom. The molecule has 2 amide bonds. The maximum absolute atomic E-state index is 12.1. The Kier molecular flexibility index (Phi) is 8.31.